The third-order valence-electron chi connectivity index (χ3n) is 4.22. The van der Waals surface area contributed by atoms with E-state index in [1.54, 1.807) is 0 Å². The lowest BCUT2D eigenvalue weighted by Crippen LogP contribution is -2.20. The van der Waals surface area contributed by atoms with Crippen LogP contribution in [0.5, 0.6) is 17.2 Å². The lowest BCUT2D eigenvalue weighted by atomic mass is 10.2. The summed E-state index contributed by atoms with van der Waals surface area (Å²) in [4.78, 5) is 12.0. The maximum Gasteiger partial charge on any atom is 0.262 e. The van der Waals surface area contributed by atoms with E-state index in [4.69, 9.17) is 14.2 Å². The van der Waals surface area contributed by atoms with Crippen molar-refractivity contribution in [2.24, 2.45) is 0 Å². The molecule has 0 radical (unpaired) electrons. The van der Waals surface area contributed by atoms with Gasteiger partial charge in [-0.25, -0.2) is 0 Å². The largest absolute Gasteiger partial charge is 0.484 e. The van der Waals surface area contributed by atoms with Gasteiger partial charge in [-0.05, 0) is 54.1 Å². The second-order valence-electron chi connectivity index (χ2n) is 6.27. The number of fused-ring (bicyclic) bond motifs is 1. The highest BCUT2D eigenvalue weighted by Crippen LogP contribution is 2.32. The summed E-state index contributed by atoms with van der Waals surface area (Å²) in [7, 11) is 0. The Morgan fingerprint density at radius 3 is 2.46 bits per heavy atom. The number of benzene rings is 3. The van der Waals surface area contributed by atoms with Crippen LogP contribution in [0.3, 0.4) is 0 Å². The lowest BCUT2D eigenvalue weighted by Gasteiger charge is -2.10. The van der Waals surface area contributed by atoms with Gasteiger partial charge in [0, 0.05) is 17.9 Å². The van der Waals surface area contributed by atoms with Gasteiger partial charge in [-0.3, -0.25) is 4.79 Å². The van der Waals surface area contributed by atoms with Crippen molar-refractivity contribution in [2.45, 2.75) is 6.54 Å². The van der Waals surface area contributed by atoms with Gasteiger partial charge in [0.25, 0.3) is 5.91 Å². The first-order valence-corrected chi connectivity index (χ1v) is 8.96. The number of amides is 1. The first-order valence-electron chi connectivity index (χ1n) is 8.96. The Morgan fingerprint density at radius 1 is 0.893 bits per heavy atom. The zero-order chi connectivity index (χ0) is 19.2. The predicted octanol–water partition coefficient (Wildman–Crippen LogP) is 4.04. The molecule has 2 N–H and O–H groups in total. The van der Waals surface area contributed by atoms with Gasteiger partial charge in [0.15, 0.2) is 18.1 Å². The Kier molecular flexibility index (Phi) is 5.29. The van der Waals surface area contributed by atoms with Crippen molar-refractivity contribution in [3.63, 3.8) is 0 Å². The third-order valence-corrected chi connectivity index (χ3v) is 4.22. The predicted molar refractivity (Wildman–Crippen MR) is 107 cm³/mol. The maximum absolute atomic E-state index is 12.0. The number of ether oxygens (including phenoxy) is 3. The molecule has 0 saturated heterocycles. The molecule has 0 spiro atoms. The minimum atomic E-state index is -0.204. The van der Waals surface area contributed by atoms with E-state index in [1.165, 1.54) is 0 Å². The van der Waals surface area contributed by atoms with Crippen LogP contribution in [0.1, 0.15) is 5.56 Å². The van der Waals surface area contributed by atoms with Crippen LogP contribution < -0.4 is 24.8 Å². The van der Waals surface area contributed by atoms with Gasteiger partial charge in [0.05, 0.1) is 0 Å². The molecule has 1 aliphatic rings. The number of hydrogen-bond acceptors (Lipinski definition) is 5. The van der Waals surface area contributed by atoms with Gasteiger partial charge >= 0.3 is 0 Å². The molecule has 1 aliphatic heterocycles. The molecule has 3 aromatic rings. The smallest absolute Gasteiger partial charge is 0.262 e. The van der Waals surface area contributed by atoms with E-state index in [2.05, 4.69) is 10.6 Å². The molecule has 6 heteroatoms. The molecule has 1 amide bonds. The summed E-state index contributed by atoms with van der Waals surface area (Å²) in [6.07, 6.45) is 0. The average molecular weight is 376 g/mol. The van der Waals surface area contributed by atoms with Gasteiger partial charge in [-0.15, -0.1) is 0 Å². The molecule has 4 rings (SSSR count). The molecule has 6 nitrogen and oxygen atoms in total. The Morgan fingerprint density at radius 2 is 1.64 bits per heavy atom. The lowest BCUT2D eigenvalue weighted by molar-refractivity contribution is -0.118. The fraction of sp³-hybridized carbons (Fsp3) is 0.136. The number of hydrogen-bond donors (Lipinski definition) is 2. The number of nitrogens with one attached hydrogen (secondary N) is 2. The average Bonchev–Trinajstić information content (AvgIpc) is 3.20. The molecular formula is C22H20N2O4. The number of para-hydroxylation sites is 1. The fourth-order valence-electron chi connectivity index (χ4n) is 2.79. The highest BCUT2D eigenvalue weighted by Gasteiger charge is 2.12. The van der Waals surface area contributed by atoms with E-state index in [0.717, 1.165) is 28.4 Å². The summed E-state index contributed by atoms with van der Waals surface area (Å²) >= 11 is 0. The van der Waals surface area contributed by atoms with Crippen LogP contribution in [0.2, 0.25) is 0 Å². The minimum absolute atomic E-state index is 0.0336. The molecule has 142 valence electrons. The molecule has 0 saturated carbocycles. The van der Waals surface area contributed by atoms with E-state index < -0.39 is 0 Å². The Labute approximate surface area is 163 Å². The van der Waals surface area contributed by atoms with Crippen LogP contribution in [0, 0.1) is 0 Å². The standard InChI is InChI=1S/C22H20N2O4/c25-22(14-26-19-4-2-1-3-5-19)24-18-9-7-17(8-10-18)23-13-16-6-11-20-21(12-16)28-15-27-20/h1-12,23H,13-15H2,(H,24,25). The molecule has 0 atom stereocenters. The van der Waals surface area contributed by atoms with E-state index in [-0.39, 0.29) is 19.3 Å². The number of rotatable bonds is 7. The van der Waals surface area contributed by atoms with Gasteiger partial charge in [0.1, 0.15) is 5.75 Å². The van der Waals surface area contributed by atoms with Crippen LogP contribution in [-0.2, 0) is 11.3 Å². The summed E-state index contributed by atoms with van der Waals surface area (Å²) in [6, 6.07) is 22.7. The van der Waals surface area contributed by atoms with E-state index in [9.17, 15) is 4.79 Å². The van der Waals surface area contributed by atoms with Crippen molar-refractivity contribution in [3.05, 3.63) is 78.4 Å². The van der Waals surface area contributed by atoms with Gasteiger partial charge < -0.3 is 24.8 Å². The van der Waals surface area contributed by atoms with Gasteiger partial charge in [-0.1, -0.05) is 24.3 Å². The molecule has 0 fully saturated rings. The summed E-state index contributed by atoms with van der Waals surface area (Å²) in [6.45, 7) is 0.900. The zero-order valence-electron chi connectivity index (χ0n) is 15.2. The maximum atomic E-state index is 12.0. The van der Waals surface area contributed by atoms with Crippen molar-refractivity contribution >= 4 is 17.3 Å². The van der Waals surface area contributed by atoms with Gasteiger partial charge in [0.2, 0.25) is 6.79 Å². The van der Waals surface area contributed by atoms with Gasteiger partial charge in [-0.2, -0.15) is 0 Å². The molecule has 1 heterocycles. The van der Waals surface area contributed by atoms with E-state index in [1.807, 2.05) is 72.8 Å². The van der Waals surface area contributed by atoms with Crippen molar-refractivity contribution < 1.29 is 19.0 Å². The number of carbonyl (C=O) groups excluding carboxylic acids is 1. The third kappa shape index (κ3) is 4.54. The number of carbonyl (C=O) groups is 1. The zero-order valence-corrected chi connectivity index (χ0v) is 15.2. The van der Waals surface area contributed by atoms with Crippen LogP contribution in [-0.4, -0.2) is 19.3 Å². The molecule has 0 aliphatic carbocycles. The highest BCUT2D eigenvalue weighted by molar-refractivity contribution is 5.92. The SMILES string of the molecule is O=C(COc1ccccc1)Nc1ccc(NCc2ccc3c(c2)OCO3)cc1. The molecular weight excluding hydrogens is 356 g/mol. The van der Waals surface area contributed by atoms with Crippen molar-refractivity contribution in [1.82, 2.24) is 0 Å². The summed E-state index contributed by atoms with van der Waals surface area (Å²) in [5.74, 6) is 2.01. The second-order valence-corrected chi connectivity index (χ2v) is 6.27. The van der Waals surface area contributed by atoms with Crippen molar-refractivity contribution in [3.8, 4) is 17.2 Å². The number of anilines is 2. The summed E-state index contributed by atoms with van der Waals surface area (Å²) in [5, 5.41) is 6.16. The normalized spacial score (nSPS) is 11.7. The molecule has 28 heavy (non-hydrogen) atoms. The Bertz CT molecular complexity index is 943. The van der Waals surface area contributed by atoms with Crippen LogP contribution in [0.15, 0.2) is 72.8 Å². The first kappa shape index (κ1) is 17.7. The molecule has 3 aromatic carbocycles. The van der Waals surface area contributed by atoms with Crippen LogP contribution in [0.4, 0.5) is 11.4 Å². The quantitative estimate of drug-likeness (QED) is 0.651. The second kappa shape index (κ2) is 8.35. The van der Waals surface area contributed by atoms with Crippen molar-refractivity contribution in [1.29, 1.82) is 0 Å². The Hall–Kier alpha value is -3.67. The minimum Gasteiger partial charge on any atom is -0.484 e. The van der Waals surface area contributed by atoms with Crippen LogP contribution in [0.25, 0.3) is 0 Å². The fourth-order valence-corrected chi connectivity index (χ4v) is 2.79. The molecule has 0 aromatic heterocycles. The Balaban J connectivity index is 1.26. The van der Waals surface area contributed by atoms with Crippen LogP contribution >= 0.6 is 0 Å². The topological polar surface area (TPSA) is 68.8 Å². The monoisotopic (exact) mass is 376 g/mol. The van der Waals surface area contributed by atoms with E-state index in [0.29, 0.717) is 12.3 Å². The summed E-state index contributed by atoms with van der Waals surface area (Å²) < 4.78 is 16.1. The molecule has 0 bridgehead atoms. The summed E-state index contributed by atoms with van der Waals surface area (Å²) in [5.41, 5.74) is 2.77. The van der Waals surface area contributed by atoms with Crippen molar-refractivity contribution in [2.75, 3.05) is 24.0 Å². The first-order chi connectivity index (χ1) is 13.8. The highest BCUT2D eigenvalue weighted by atomic mass is 16.7. The van der Waals surface area contributed by atoms with E-state index >= 15 is 0 Å². The molecule has 0 unspecified atom stereocenters.